The second-order valence-electron chi connectivity index (χ2n) is 4.62. The van der Waals surface area contributed by atoms with E-state index in [2.05, 4.69) is 18.2 Å². The van der Waals surface area contributed by atoms with Gasteiger partial charge in [-0.25, -0.2) is 0 Å². The Morgan fingerprint density at radius 2 is 1.89 bits per heavy atom. The van der Waals surface area contributed by atoms with E-state index in [-0.39, 0.29) is 18.4 Å². The number of nitrogens with two attached hydrogens (primary N) is 1. The maximum atomic E-state index is 10.00. The lowest BCUT2D eigenvalue weighted by Gasteiger charge is -2.32. The molecule has 0 amide bonds. The summed E-state index contributed by atoms with van der Waals surface area (Å²) in [7, 11) is 0. The van der Waals surface area contributed by atoms with Crippen LogP contribution in [-0.4, -0.2) is 17.3 Å². The van der Waals surface area contributed by atoms with Crippen LogP contribution in [0.2, 0.25) is 0 Å². The number of rotatable bonds is 0. The third-order valence-electron chi connectivity index (χ3n) is 3.53. The first-order chi connectivity index (χ1) is 8.18. The zero-order valence-electron chi connectivity index (χ0n) is 9.71. The van der Waals surface area contributed by atoms with Crippen LogP contribution in [-0.2, 0) is 6.42 Å². The topological polar surface area (TPSA) is 46.2 Å². The molecule has 0 bridgehead atoms. The molecule has 0 aromatic heterocycles. The van der Waals surface area contributed by atoms with Crippen LogP contribution in [0, 0.1) is 0 Å². The average Bonchev–Trinajstić information content (AvgIpc) is 2.35. The number of hydrogen-bond acceptors (Lipinski definition) is 2. The standard InChI is InChI=1S/C14H14ClNO.ClH/c15-13-12-9(7-11(16)14(13)17)6-5-8-3-1-2-4-10(8)12;/h1-6,11,13-14,17H,7,16H2;1H/t11-,13-,14+;/m1./s1. The fourth-order valence-electron chi connectivity index (χ4n) is 2.61. The van der Waals surface area contributed by atoms with E-state index in [0.717, 1.165) is 21.9 Å². The quantitative estimate of drug-likeness (QED) is 0.731. The number of aliphatic hydroxyl groups is 1. The molecule has 0 fully saturated rings. The molecule has 0 spiro atoms. The highest BCUT2D eigenvalue weighted by Gasteiger charge is 2.33. The van der Waals surface area contributed by atoms with Crippen molar-refractivity contribution in [2.75, 3.05) is 0 Å². The van der Waals surface area contributed by atoms with Crippen LogP contribution in [0.15, 0.2) is 36.4 Å². The highest BCUT2D eigenvalue weighted by atomic mass is 35.5. The molecule has 0 unspecified atom stereocenters. The minimum absolute atomic E-state index is 0. The molecule has 3 atom stereocenters. The van der Waals surface area contributed by atoms with Crippen molar-refractivity contribution in [1.82, 2.24) is 0 Å². The first kappa shape index (κ1) is 13.6. The van der Waals surface area contributed by atoms with Gasteiger partial charge >= 0.3 is 0 Å². The van der Waals surface area contributed by atoms with Gasteiger partial charge in [-0.1, -0.05) is 36.4 Å². The van der Waals surface area contributed by atoms with Crippen LogP contribution < -0.4 is 5.73 Å². The van der Waals surface area contributed by atoms with Gasteiger partial charge in [0.1, 0.15) is 0 Å². The molecule has 3 rings (SSSR count). The van der Waals surface area contributed by atoms with Gasteiger partial charge in [0.2, 0.25) is 0 Å². The summed E-state index contributed by atoms with van der Waals surface area (Å²) in [5.41, 5.74) is 8.09. The zero-order chi connectivity index (χ0) is 12.0. The maximum Gasteiger partial charge on any atom is 0.0899 e. The van der Waals surface area contributed by atoms with Gasteiger partial charge in [-0.2, -0.15) is 0 Å². The number of hydrogen-bond donors (Lipinski definition) is 2. The minimum atomic E-state index is -0.671. The van der Waals surface area contributed by atoms with Crippen molar-refractivity contribution in [2.24, 2.45) is 5.73 Å². The third kappa shape index (κ3) is 1.99. The number of aliphatic hydroxyl groups excluding tert-OH is 1. The summed E-state index contributed by atoms with van der Waals surface area (Å²) in [5.74, 6) is 0. The van der Waals surface area contributed by atoms with Gasteiger partial charge < -0.3 is 10.8 Å². The molecular weight excluding hydrogens is 269 g/mol. The van der Waals surface area contributed by atoms with Crippen molar-refractivity contribution < 1.29 is 5.11 Å². The zero-order valence-corrected chi connectivity index (χ0v) is 11.3. The Kier molecular flexibility index (Phi) is 3.83. The van der Waals surface area contributed by atoms with Crippen molar-refractivity contribution in [3.63, 3.8) is 0 Å². The highest BCUT2D eigenvalue weighted by Crippen LogP contribution is 2.38. The number of benzene rings is 2. The Hall–Kier alpha value is -0.800. The van der Waals surface area contributed by atoms with E-state index in [1.165, 1.54) is 0 Å². The molecular formula is C14H15Cl2NO. The van der Waals surface area contributed by atoms with Gasteiger partial charge in [-0.15, -0.1) is 24.0 Å². The van der Waals surface area contributed by atoms with Crippen molar-refractivity contribution in [2.45, 2.75) is 23.9 Å². The predicted molar refractivity (Wildman–Crippen MR) is 77.5 cm³/mol. The molecule has 1 aliphatic carbocycles. The molecule has 4 heteroatoms. The number of fused-ring (bicyclic) bond motifs is 3. The van der Waals surface area contributed by atoms with Crippen molar-refractivity contribution >= 4 is 34.8 Å². The Morgan fingerprint density at radius 1 is 1.17 bits per heavy atom. The second-order valence-corrected chi connectivity index (χ2v) is 5.09. The lowest BCUT2D eigenvalue weighted by atomic mass is 9.83. The first-order valence-electron chi connectivity index (χ1n) is 5.76. The smallest absolute Gasteiger partial charge is 0.0899 e. The first-order valence-corrected chi connectivity index (χ1v) is 6.20. The van der Waals surface area contributed by atoms with Crippen molar-refractivity contribution in [1.29, 1.82) is 0 Å². The molecule has 2 aromatic carbocycles. The van der Waals surface area contributed by atoms with E-state index < -0.39 is 11.5 Å². The summed E-state index contributed by atoms with van der Waals surface area (Å²) in [4.78, 5) is 0. The van der Waals surface area contributed by atoms with Gasteiger partial charge in [0.25, 0.3) is 0 Å². The molecule has 18 heavy (non-hydrogen) atoms. The maximum absolute atomic E-state index is 10.00. The number of alkyl halides is 1. The molecule has 1 aliphatic rings. The van der Waals surface area contributed by atoms with E-state index in [1.54, 1.807) is 0 Å². The average molecular weight is 284 g/mol. The summed E-state index contributed by atoms with van der Waals surface area (Å²) >= 11 is 6.34. The fourth-order valence-corrected chi connectivity index (χ4v) is 3.05. The Morgan fingerprint density at radius 3 is 2.67 bits per heavy atom. The van der Waals surface area contributed by atoms with E-state index in [9.17, 15) is 5.11 Å². The van der Waals surface area contributed by atoms with Crippen LogP contribution >= 0.6 is 24.0 Å². The monoisotopic (exact) mass is 283 g/mol. The van der Waals surface area contributed by atoms with E-state index in [0.29, 0.717) is 6.42 Å². The van der Waals surface area contributed by atoms with Crippen LogP contribution in [0.25, 0.3) is 10.8 Å². The summed E-state index contributed by atoms with van der Waals surface area (Å²) in [6.45, 7) is 0. The van der Waals surface area contributed by atoms with E-state index in [4.69, 9.17) is 17.3 Å². The lowest BCUT2D eigenvalue weighted by Crippen LogP contribution is -2.42. The van der Waals surface area contributed by atoms with Crippen molar-refractivity contribution in [3.05, 3.63) is 47.5 Å². The van der Waals surface area contributed by atoms with Gasteiger partial charge in [0.15, 0.2) is 0 Å². The SMILES string of the molecule is Cl.N[C@@H]1Cc2ccc3ccccc3c2[C@@H](Cl)[C@H]1O. The molecule has 0 radical (unpaired) electrons. The molecule has 3 N–H and O–H groups in total. The predicted octanol–water partition coefficient (Wildman–Crippen LogP) is 2.79. The lowest BCUT2D eigenvalue weighted by molar-refractivity contribution is 0.132. The van der Waals surface area contributed by atoms with Crippen molar-refractivity contribution in [3.8, 4) is 0 Å². The van der Waals surface area contributed by atoms with Crippen LogP contribution in [0.1, 0.15) is 16.5 Å². The molecule has 0 saturated heterocycles. The largest absolute Gasteiger partial charge is 0.390 e. The summed E-state index contributed by atoms with van der Waals surface area (Å²) < 4.78 is 0. The third-order valence-corrected chi connectivity index (χ3v) is 4.01. The van der Waals surface area contributed by atoms with Gasteiger partial charge in [-0.05, 0) is 28.3 Å². The van der Waals surface area contributed by atoms with E-state index in [1.807, 2.05) is 18.2 Å². The fraction of sp³-hybridized carbons (Fsp3) is 0.286. The Balaban J connectivity index is 0.00000120. The Labute approximate surface area is 117 Å². The normalized spacial score (nSPS) is 26.5. The van der Waals surface area contributed by atoms with Gasteiger partial charge in [-0.3, -0.25) is 0 Å². The molecule has 0 saturated carbocycles. The molecule has 0 aliphatic heterocycles. The van der Waals surface area contributed by atoms with Crippen LogP contribution in [0.5, 0.6) is 0 Å². The highest BCUT2D eigenvalue weighted by molar-refractivity contribution is 6.22. The molecule has 0 heterocycles. The molecule has 2 nitrogen and oxygen atoms in total. The molecule has 96 valence electrons. The molecule has 2 aromatic rings. The second kappa shape index (κ2) is 5.06. The Bertz CT molecular complexity index is 573. The van der Waals surface area contributed by atoms with Crippen LogP contribution in [0.3, 0.4) is 0 Å². The summed E-state index contributed by atoms with van der Waals surface area (Å²) in [6.07, 6.45) is 0.0138. The van der Waals surface area contributed by atoms with Gasteiger partial charge in [0.05, 0.1) is 11.5 Å². The minimum Gasteiger partial charge on any atom is -0.390 e. The van der Waals surface area contributed by atoms with Gasteiger partial charge in [0, 0.05) is 6.04 Å². The number of halogens is 2. The van der Waals surface area contributed by atoms with E-state index >= 15 is 0 Å². The summed E-state index contributed by atoms with van der Waals surface area (Å²) in [5, 5.41) is 11.9. The summed E-state index contributed by atoms with van der Waals surface area (Å²) in [6, 6.07) is 12.0. The van der Waals surface area contributed by atoms with Crippen LogP contribution in [0.4, 0.5) is 0 Å².